The lowest BCUT2D eigenvalue weighted by Gasteiger charge is -2.10. The van der Waals surface area contributed by atoms with Crippen LogP contribution in [0.5, 0.6) is 0 Å². The topological polar surface area (TPSA) is 115 Å². The van der Waals surface area contributed by atoms with E-state index in [0.29, 0.717) is 12.3 Å². The van der Waals surface area contributed by atoms with Crippen molar-refractivity contribution in [2.45, 2.75) is 12.4 Å². The summed E-state index contributed by atoms with van der Waals surface area (Å²) in [4.78, 5) is 21.5. The molecule has 146 valence electrons. The number of anilines is 3. The summed E-state index contributed by atoms with van der Waals surface area (Å²) in [7, 11) is 0. The first kappa shape index (κ1) is 19.2. The van der Waals surface area contributed by atoms with Crippen molar-refractivity contribution in [1.82, 2.24) is 29.9 Å². The van der Waals surface area contributed by atoms with E-state index in [2.05, 4.69) is 35.2 Å². The van der Waals surface area contributed by atoms with Crippen molar-refractivity contribution in [3.63, 3.8) is 0 Å². The van der Waals surface area contributed by atoms with E-state index < -0.39 is 41.2 Å². The average molecular weight is 402 g/mol. The highest BCUT2D eigenvalue weighted by Gasteiger charge is 2.33. The molecule has 0 bridgehead atoms. The van der Waals surface area contributed by atoms with Gasteiger partial charge < -0.3 is 11.1 Å². The van der Waals surface area contributed by atoms with Crippen LogP contribution in [0.2, 0.25) is 0 Å². The Labute approximate surface area is 151 Å². The van der Waals surface area contributed by atoms with Crippen molar-refractivity contribution >= 4 is 17.6 Å². The van der Waals surface area contributed by atoms with Crippen LogP contribution in [0.4, 0.5) is 43.9 Å². The molecule has 0 aliphatic rings. The smallest absolute Gasteiger partial charge is 0.368 e. The summed E-state index contributed by atoms with van der Waals surface area (Å²) in [6.45, 7) is 0. The van der Waals surface area contributed by atoms with Crippen LogP contribution in [0, 0.1) is 0 Å². The first-order chi connectivity index (χ1) is 13.0. The second-order valence-electron chi connectivity index (χ2n) is 5.19. The normalized spacial score (nSPS) is 12.1. The molecule has 8 nitrogen and oxygen atoms in total. The van der Waals surface area contributed by atoms with Crippen LogP contribution in [0.3, 0.4) is 0 Å². The summed E-state index contributed by atoms with van der Waals surface area (Å²) in [5.41, 5.74) is 3.11. The first-order valence-electron chi connectivity index (χ1n) is 7.24. The van der Waals surface area contributed by atoms with E-state index in [-0.39, 0.29) is 11.6 Å². The van der Waals surface area contributed by atoms with Gasteiger partial charge in [-0.1, -0.05) is 0 Å². The summed E-state index contributed by atoms with van der Waals surface area (Å²) < 4.78 is 76.6. The van der Waals surface area contributed by atoms with E-state index in [1.165, 1.54) is 0 Å². The van der Waals surface area contributed by atoms with Crippen LogP contribution >= 0.6 is 0 Å². The molecule has 28 heavy (non-hydrogen) atoms. The van der Waals surface area contributed by atoms with E-state index in [1.54, 1.807) is 0 Å². The molecule has 3 aromatic heterocycles. The molecule has 0 unspecified atom stereocenters. The van der Waals surface area contributed by atoms with Crippen LogP contribution in [0.1, 0.15) is 11.3 Å². The van der Waals surface area contributed by atoms with E-state index in [9.17, 15) is 26.3 Å². The number of rotatable bonds is 3. The largest absolute Gasteiger partial charge is 0.433 e. The third-order valence-corrected chi connectivity index (χ3v) is 3.12. The lowest BCUT2D eigenvalue weighted by atomic mass is 10.2. The third kappa shape index (κ3) is 4.39. The maximum Gasteiger partial charge on any atom is 0.433 e. The van der Waals surface area contributed by atoms with Gasteiger partial charge in [-0.05, 0) is 12.1 Å². The number of pyridine rings is 1. The maximum atomic E-state index is 12.8. The molecule has 0 amide bonds. The molecule has 0 aliphatic heterocycles. The van der Waals surface area contributed by atoms with Crippen LogP contribution in [0.15, 0.2) is 30.7 Å². The van der Waals surface area contributed by atoms with Crippen molar-refractivity contribution in [3.8, 4) is 11.6 Å². The van der Waals surface area contributed by atoms with Crippen molar-refractivity contribution in [2.75, 3.05) is 11.1 Å². The number of aromatic nitrogens is 6. The molecule has 0 saturated heterocycles. The van der Waals surface area contributed by atoms with Crippen molar-refractivity contribution in [1.29, 1.82) is 0 Å². The molecular weight excluding hydrogens is 394 g/mol. The van der Waals surface area contributed by atoms with Crippen molar-refractivity contribution in [3.05, 3.63) is 42.0 Å². The zero-order chi connectivity index (χ0) is 20.5. The predicted octanol–water partition coefficient (Wildman–Crippen LogP) is 3.09. The number of hydrogen-bond acceptors (Lipinski definition) is 8. The number of nitrogens with two attached hydrogens (primary N) is 1. The average Bonchev–Trinajstić information content (AvgIpc) is 2.60. The molecular formula is C14H8F6N8. The summed E-state index contributed by atoms with van der Waals surface area (Å²) in [6, 6.07) is 1.40. The summed E-state index contributed by atoms with van der Waals surface area (Å²) >= 11 is 0. The molecule has 3 heterocycles. The highest BCUT2D eigenvalue weighted by molar-refractivity contribution is 5.56. The van der Waals surface area contributed by atoms with Gasteiger partial charge in [-0.2, -0.15) is 41.3 Å². The van der Waals surface area contributed by atoms with Crippen molar-refractivity contribution in [2.24, 2.45) is 0 Å². The molecule has 3 N–H and O–H groups in total. The number of halogens is 6. The van der Waals surface area contributed by atoms with Crippen LogP contribution < -0.4 is 11.1 Å². The molecule has 3 aromatic rings. The Kier molecular flexibility index (Phi) is 4.70. The fourth-order valence-electron chi connectivity index (χ4n) is 1.96. The fraction of sp³-hybridized carbons (Fsp3) is 0.143. The van der Waals surface area contributed by atoms with Gasteiger partial charge in [-0.25, -0.2) is 9.97 Å². The van der Waals surface area contributed by atoms with Crippen LogP contribution in [-0.2, 0) is 12.4 Å². The molecule has 0 fully saturated rings. The lowest BCUT2D eigenvalue weighted by Crippen LogP contribution is -2.11. The predicted molar refractivity (Wildman–Crippen MR) is 82.8 cm³/mol. The summed E-state index contributed by atoms with van der Waals surface area (Å²) in [6.07, 6.45) is -6.81. The van der Waals surface area contributed by atoms with E-state index in [1.807, 2.05) is 0 Å². The zero-order valence-corrected chi connectivity index (χ0v) is 13.4. The van der Waals surface area contributed by atoms with Crippen LogP contribution in [-0.4, -0.2) is 29.9 Å². The summed E-state index contributed by atoms with van der Waals surface area (Å²) in [5, 5.41) is 2.43. The SMILES string of the molecule is Nc1nc(Nc2cncc(C(F)(F)F)c2)nc(-c2nccc(C(F)(F)F)n2)n1. The number of alkyl halides is 6. The Balaban J connectivity index is 1.95. The molecule has 3 rings (SSSR count). The molecule has 0 saturated carbocycles. The highest BCUT2D eigenvalue weighted by atomic mass is 19.4. The van der Waals surface area contributed by atoms with Gasteiger partial charge >= 0.3 is 12.4 Å². The quantitative estimate of drug-likeness (QED) is 0.643. The van der Waals surface area contributed by atoms with Gasteiger partial charge in [0, 0.05) is 12.4 Å². The van der Waals surface area contributed by atoms with E-state index in [0.717, 1.165) is 18.5 Å². The minimum absolute atomic E-state index is 0.128. The Morgan fingerprint density at radius 2 is 1.61 bits per heavy atom. The number of nitrogens with zero attached hydrogens (tertiary/aromatic N) is 6. The molecule has 14 heteroatoms. The Bertz CT molecular complexity index is 1000. The number of hydrogen-bond donors (Lipinski definition) is 2. The molecule has 0 aliphatic carbocycles. The zero-order valence-electron chi connectivity index (χ0n) is 13.4. The second kappa shape index (κ2) is 6.86. The van der Waals surface area contributed by atoms with Gasteiger partial charge in [0.15, 0.2) is 5.82 Å². The summed E-state index contributed by atoms with van der Waals surface area (Å²) in [5.74, 6) is -1.63. The monoisotopic (exact) mass is 402 g/mol. The van der Waals surface area contributed by atoms with Gasteiger partial charge in [0.1, 0.15) is 5.69 Å². The second-order valence-corrected chi connectivity index (χ2v) is 5.19. The minimum atomic E-state index is -4.72. The highest BCUT2D eigenvalue weighted by Crippen LogP contribution is 2.31. The Morgan fingerprint density at radius 3 is 2.29 bits per heavy atom. The molecule has 0 atom stereocenters. The standard InChI is InChI=1S/C14H8F6N8/c15-13(16,17)6-3-7(5-22-4-6)24-12-27-10(26-11(21)28-12)9-23-2-1-8(25-9)14(18,19)20/h1-5H,(H3,21,24,26,27,28). The molecule has 0 aromatic carbocycles. The lowest BCUT2D eigenvalue weighted by molar-refractivity contribution is -0.141. The minimum Gasteiger partial charge on any atom is -0.368 e. The third-order valence-electron chi connectivity index (χ3n) is 3.12. The Morgan fingerprint density at radius 1 is 0.857 bits per heavy atom. The van der Waals surface area contributed by atoms with Gasteiger partial charge in [-0.15, -0.1) is 0 Å². The fourth-order valence-corrected chi connectivity index (χ4v) is 1.96. The first-order valence-corrected chi connectivity index (χ1v) is 7.24. The Hall–Kier alpha value is -3.58. The number of nitrogens with one attached hydrogen (secondary N) is 1. The van der Waals surface area contributed by atoms with Crippen LogP contribution in [0.25, 0.3) is 11.6 Å². The van der Waals surface area contributed by atoms with Gasteiger partial charge in [0.2, 0.25) is 17.7 Å². The van der Waals surface area contributed by atoms with Gasteiger partial charge in [0.05, 0.1) is 17.4 Å². The van der Waals surface area contributed by atoms with Crippen molar-refractivity contribution < 1.29 is 26.3 Å². The van der Waals surface area contributed by atoms with Gasteiger partial charge in [0.25, 0.3) is 0 Å². The molecule has 0 spiro atoms. The van der Waals surface area contributed by atoms with Gasteiger partial charge in [-0.3, -0.25) is 4.98 Å². The van der Waals surface area contributed by atoms with E-state index >= 15 is 0 Å². The molecule has 0 radical (unpaired) electrons. The van der Waals surface area contributed by atoms with E-state index in [4.69, 9.17) is 5.73 Å². The number of nitrogen functional groups attached to an aromatic ring is 1. The maximum absolute atomic E-state index is 12.8.